The van der Waals surface area contributed by atoms with Crippen LogP contribution in [0, 0.1) is 5.92 Å². The van der Waals surface area contributed by atoms with Crippen LogP contribution in [0.3, 0.4) is 0 Å². The zero-order chi connectivity index (χ0) is 13.9. The number of hydrogen-bond acceptors (Lipinski definition) is 3. The molecule has 2 aromatic rings. The average molecular weight is 273 g/mol. The first-order valence-electron chi connectivity index (χ1n) is 7.61. The molecule has 1 aliphatic heterocycles. The van der Waals surface area contributed by atoms with Crippen molar-refractivity contribution in [3.05, 3.63) is 36.1 Å². The highest BCUT2D eigenvalue weighted by Gasteiger charge is 2.27. The molecule has 0 bridgehead atoms. The predicted octanol–water partition coefficient (Wildman–Crippen LogP) is 3.90. The van der Waals surface area contributed by atoms with E-state index in [-0.39, 0.29) is 6.04 Å². The van der Waals surface area contributed by atoms with Gasteiger partial charge in [0, 0.05) is 18.5 Å². The molecule has 1 N–H and O–H groups in total. The molecule has 108 valence electrons. The van der Waals surface area contributed by atoms with Gasteiger partial charge in [0.05, 0.1) is 12.1 Å². The fourth-order valence-corrected chi connectivity index (χ4v) is 3.02. The molecule has 3 nitrogen and oxygen atoms in total. The second-order valence-electron chi connectivity index (χ2n) is 5.68. The molecule has 3 rings (SSSR count). The van der Waals surface area contributed by atoms with Crippen LogP contribution in [0.15, 0.2) is 34.7 Å². The molecule has 0 aliphatic carbocycles. The van der Waals surface area contributed by atoms with Gasteiger partial charge in [0.2, 0.25) is 0 Å². The van der Waals surface area contributed by atoms with E-state index in [1.165, 1.54) is 11.8 Å². The van der Waals surface area contributed by atoms with E-state index < -0.39 is 0 Å². The highest BCUT2D eigenvalue weighted by Crippen LogP contribution is 2.26. The Morgan fingerprint density at radius 2 is 2.20 bits per heavy atom. The van der Waals surface area contributed by atoms with Gasteiger partial charge in [0.1, 0.15) is 11.3 Å². The number of hydrogen-bond donors (Lipinski definition) is 1. The number of fused-ring (bicyclic) bond motifs is 1. The molecule has 1 fully saturated rings. The molecule has 1 aromatic carbocycles. The summed E-state index contributed by atoms with van der Waals surface area (Å²) >= 11 is 0. The minimum atomic E-state index is 0.237. The van der Waals surface area contributed by atoms with Crippen LogP contribution in [-0.4, -0.2) is 19.3 Å². The van der Waals surface area contributed by atoms with Crippen LogP contribution >= 0.6 is 0 Å². The maximum absolute atomic E-state index is 5.90. The lowest BCUT2D eigenvalue weighted by molar-refractivity contribution is 0.0865. The lowest BCUT2D eigenvalue weighted by Gasteiger charge is -2.19. The molecule has 0 radical (unpaired) electrons. The van der Waals surface area contributed by atoms with Crippen LogP contribution in [0.1, 0.15) is 38.5 Å². The maximum Gasteiger partial charge on any atom is 0.134 e. The second kappa shape index (κ2) is 5.98. The fourth-order valence-electron chi connectivity index (χ4n) is 3.02. The van der Waals surface area contributed by atoms with Gasteiger partial charge >= 0.3 is 0 Å². The van der Waals surface area contributed by atoms with Crippen molar-refractivity contribution >= 4 is 11.0 Å². The van der Waals surface area contributed by atoms with Gasteiger partial charge in [0.25, 0.3) is 0 Å². The first kappa shape index (κ1) is 13.7. The molecule has 1 saturated heterocycles. The Balaban J connectivity index is 1.62. The van der Waals surface area contributed by atoms with Crippen molar-refractivity contribution in [1.82, 2.24) is 5.32 Å². The number of ether oxygens (including phenoxy) is 1. The second-order valence-corrected chi connectivity index (χ2v) is 5.68. The van der Waals surface area contributed by atoms with E-state index in [9.17, 15) is 0 Å². The van der Waals surface area contributed by atoms with Gasteiger partial charge in [-0.25, -0.2) is 0 Å². The summed E-state index contributed by atoms with van der Waals surface area (Å²) in [4.78, 5) is 0. The lowest BCUT2D eigenvalue weighted by Crippen LogP contribution is -2.30. The molecular weight excluding hydrogens is 250 g/mol. The van der Waals surface area contributed by atoms with Gasteiger partial charge in [-0.05, 0) is 37.8 Å². The van der Waals surface area contributed by atoms with Crippen molar-refractivity contribution in [2.24, 2.45) is 5.92 Å². The minimum absolute atomic E-state index is 0.237. The maximum atomic E-state index is 5.90. The normalized spacial score (nSPS) is 24.3. The summed E-state index contributed by atoms with van der Waals surface area (Å²) in [5.41, 5.74) is 0.965. The molecule has 3 heteroatoms. The molecule has 0 amide bonds. The van der Waals surface area contributed by atoms with E-state index in [1.807, 2.05) is 18.2 Å². The molecule has 1 aliphatic rings. The third-order valence-corrected chi connectivity index (χ3v) is 4.31. The third kappa shape index (κ3) is 2.74. The average Bonchev–Trinajstić information content (AvgIpc) is 3.10. The molecule has 20 heavy (non-hydrogen) atoms. The summed E-state index contributed by atoms with van der Waals surface area (Å²) in [5, 5.41) is 4.77. The molecule has 2 heterocycles. The minimum Gasteiger partial charge on any atom is -0.459 e. The topological polar surface area (TPSA) is 34.4 Å². The molecule has 0 spiro atoms. The largest absolute Gasteiger partial charge is 0.459 e. The van der Waals surface area contributed by atoms with Crippen molar-refractivity contribution in [2.75, 3.05) is 13.2 Å². The van der Waals surface area contributed by atoms with Crippen molar-refractivity contribution in [3.63, 3.8) is 0 Å². The molecule has 1 aromatic heterocycles. The Labute approximate surface area is 120 Å². The van der Waals surface area contributed by atoms with E-state index in [0.717, 1.165) is 30.9 Å². The van der Waals surface area contributed by atoms with Gasteiger partial charge in [0.15, 0.2) is 0 Å². The van der Waals surface area contributed by atoms with E-state index in [0.29, 0.717) is 12.0 Å². The summed E-state index contributed by atoms with van der Waals surface area (Å²) in [6.07, 6.45) is 2.69. The summed E-state index contributed by atoms with van der Waals surface area (Å²) in [5.74, 6) is 1.64. The summed E-state index contributed by atoms with van der Waals surface area (Å²) in [7, 11) is 0. The fraction of sp³-hybridized carbons (Fsp3) is 0.529. The van der Waals surface area contributed by atoms with Gasteiger partial charge in [-0.3, -0.25) is 0 Å². The Morgan fingerprint density at radius 3 is 3.00 bits per heavy atom. The summed E-state index contributed by atoms with van der Waals surface area (Å²) in [6, 6.07) is 10.5. The number of para-hydroxylation sites is 1. The Morgan fingerprint density at radius 1 is 1.35 bits per heavy atom. The zero-order valence-corrected chi connectivity index (χ0v) is 12.3. The number of nitrogens with one attached hydrogen (secondary N) is 1. The van der Waals surface area contributed by atoms with Crippen LogP contribution in [0.2, 0.25) is 0 Å². The quantitative estimate of drug-likeness (QED) is 0.897. The van der Waals surface area contributed by atoms with Crippen molar-refractivity contribution in [3.8, 4) is 0 Å². The standard InChI is InChI=1S/C17H23NO2/c1-3-15-14(8-9-19-15)11-18-12(2)17-10-13-6-4-5-7-16(13)20-17/h4-7,10,12,14-15,18H,3,8-9,11H2,1-2H3. The predicted molar refractivity (Wildman–Crippen MR) is 80.8 cm³/mol. The SMILES string of the molecule is CCC1OCCC1CNC(C)c1cc2ccccc2o1. The van der Waals surface area contributed by atoms with E-state index >= 15 is 0 Å². The van der Waals surface area contributed by atoms with E-state index in [4.69, 9.17) is 9.15 Å². The zero-order valence-electron chi connectivity index (χ0n) is 12.3. The Bertz CT molecular complexity index is 530. The van der Waals surface area contributed by atoms with Crippen molar-refractivity contribution in [2.45, 2.75) is 38.8 Å². The van der Waals surface area contributed by atoms with Gasteiger partial charge < -0.3 is 14.5 Å². The highest BCUT2D eigenvalue weighted by molar-refractivity contribution is 5.77. The lowest BCUT2D eigenvalue weighted by atomic mass is 9.99. The van der Waals surface area contributed by atoms with Crippen LogP contribution in [0.25, 0.3) is 11.0 Å². The third-order valence-electron chi connectivity index (χ3n) is 4.31. The number of rotatable bonds is 5. The van der Waals surface area contributed by atoms with Crippen LogP contribution < -0.4 is 5.32 Å². The number of benzene rings is 1. The first-order valence-corrected chi connectivity index (χ1v) is 7.61. The smallest absolute Gasteiger partial charge is 0.134 e. The van der Waals surface area contributed by atoms with Gasteiger partial charge in [-0.2, -0.15) is 0 Å². The molecule has 3 atom stereocenters. The Kier molecular flexibility index (Phi) is 4.08. The molecule has 0 saturated carbocycles. The van der Waals surface area contributed by atoms with Crippen molar-refractivity contribution < 1.29 is 9.15 Å². The molecular formula is C17H23NO2. The van der Waals surface area contributed by atoms with Gasteiger partial charge in [-0.1, -0.05) is 25.1 Å². The summed E-state index contributed by atoms with van der Waals surface area (Å²) in [6.45, 7) is 6.26. The van der Waals surface area contributed by atoms with Crippen molar-refractivity contribution in [1.29, 1.82) is 0 Å². The van der Waals surface area contributed by atoms with Crippen LogP contribution in [-0.2, 0) is 4.74 Å². The molecule has 3 unspecified atom stereocenters. The van der Waals surface area contributed by atoms with Crippen LogP contribution in [0.5, 0.6) is 0 Å². The Hall–Kier alpha value is -1.32. The first-order chi connectivity index (χ1) is 9.78. The summed E-state index contributed by atoms with van der Waals surface area (Å²) < 4.78 is 11.6. The van der Waals surface area contributed by atoms with E-state index in [2.05, 4.69) is 31.3 Å². The monoisotopic (exact) mass is 273 g/mol. The number of furan rings is 1. The van der Waals surface area contributed by atoms with Gasteiger partial charge in [-0.15, -0.1) is 0 Å². The highest BCUT2D eigenvalue weighted by atomic mass is 16.5. The van der Waals surface area contributed by atoms with Crippen LogP contribution in [0.4, 0.5) is 0 Å². The van der Waals surface area contributed by atoms with E-state index in [1.54, 1.807) is 0 Å².